The van der Waals surface area contributed by atoms with Crippen molar-refractivity contribution < 1.29 is 23.7 Å². The van der Waals surface area contributed by atoms with Crippen LogP contribution in [-0.4, -0.2) is 44.1 Å². The van der Waals surface area contributed by atoms with Crippen molar-refractivity contribution in [2.45, 2.75) is 33.3 Å². The first kappa shape index (κ1) is 20.9. The lowest BCUT2D eigenvalue weighted by atomic mass is 9.96. The Bertz CT molecular complexity index is 860. The van der Waals surface area contributed by atoms with Crippen molar-refractivity contribution in [1.82, 2.24) is 10.6 Å². The van der Waals surface area contributed by atoms with Gasteiger partial charge in [0, 0.05) is 18.2 Å². The standard InChI is InChI=1S/C21H29N3O5/c1-5-22-20(24-12-21(4,25)17-10-14(2)29-15(17)3)23-8-9-26-16-6-7-18-19(11-16)28-13-27-18/h6-7,10-11,25H,5,8-9,12-13H2,1-4H3,(H2,22,23,24). The summed E-state index contributed by atoms with van der Waals surface area (Å²) in [6, 6.07) is 7.34. The second-order valence-electron chi connectivity index (χ2n) is 7.09. The molecule has 29 heavy (non-hydrogen) atoms. The van der Waals surface area contributed by atoms with E-state index in [1.165, 1.54) is 0 Å². The number of aliphatic imine (C=N–C) groups is 1. The van der Waals surface area contributed by atoms with E-state index in [9.17, 15) is 5.11 Å². The Hall–Kier alpha value is -2.87. The van der Waals surface area contributed by atoms with Crippen LogP contribution in [0.5, 0.6) is 17.2 Å². The summed E-state index contributed by atoms with van der Waals surface area (Å²) in [6.07, 6.45) is 0. The number of furan rings is 1. The Balaban J connectivity index is 1.52. The summed E-state index contributed by atoms with van der Waals surface area (Å²) in [6.45, 7) is 9.57. The summed E-state index contributed by atoms with van der Waals surface area (Å²) in [5.74, 6) is 4.22. The van der Waals surface area contributed by atoms with Crippen molar-refractivity contribution in [2.75, 3.05) is 33.0 Å². The zero-order chi connectivity index (χ0) is 20.9. The molecule has 2 aromatic rings. The molecule has 1 atom stereocenters. The maximum atomic E-state index is 10.8. The Morgan fingerprint density at radius 3 is 2.72 bits per heavy atom. The quantitative estimate of drug-likeness (QED) is 0.354. The third-order valence-corrected chi connectivity index (χ3v) is 4.52. The van der Waals surface area contributed by atoms with Crippen molar-refractivity contribution in [3.63, 3.8) is 0 Å². The summed E-state index contributed by atoms with van der Waals surface area (Å²) in [7, 11) is 0. The molecule has 0 aliphatic carbocycles. The van der Waals surface area contributed by atoms with Crippen LogP contribution in [0.3, 0.4) is 0 Å². The molecule has 0 radical (unpaired) electrons. The van der Waals surface area contributed by atoms with E-state index in [-0.39, 0.29) is 13.3 Å². The molecule has 0 saturated carbocycles. The molecule has 158 valence electrons. The van der Waals surface area contributed by atoms with Crippen LogP contribution in [0.4, 0.5) is 0 Å². The molecule has 0 fully saturated rings. The largest absolute Gasteiger partial charge is 0.492 e. The average Bonchev–Trinajstić information content (AvgIpc) is 3.28. The SMILES string of the molecule is CCNC(=NCC(C)(O)c1cc(C)oc1C)NCCOc1ccc2c(c1)OCO2. The number of aryl methyl sites for hydroxylation is 2. The first-order valence-corrected chi connectivity index (χ1v) is 9.73. The van der Waals surface area contributed by atoms with E-state index in [1.54, 1.807) is 6.92 Å². The number of aliphatic hydroxyl groups is 1. The first-order chi connectivity index (χ1) is 13.9. The van der Waals surface area contributed by atoms with Crippen molar-refractivity contribution in [1.29, 1.82) is 0 Å². The lowest BCUT2D eigenvalue weighted by Crippen LogP contribution is -2.40. The second kappa shape index (κ2) is 9.09. The van der Waals surface area contributed by atoms with E-state index in [0.29, 0.717) is 42.9 Å². The van der Waals surface area contributed by atoms with Gasteiger partial charge in [-0.1, -0.05) is 0 Å². The topological polar surface area (TPSA) is 97.5 Å². The van der Waals surface area contributed by atoms with Crippen LogP contribution in [0.2, 0.25) is 0 Å². The van der Waals surface area contributed by atoms with Crippen LogP contribution in [0.25, 0.3) is 0 Å². The Labute approximate surface area is 170 Å². The van der Waals surface area contributed by atoms with E-state index in [2.05, 4.69) is 15.6 Å². The highest BCUT2D eigenvalue weighted by Gasteiger charge is 2.27. The number of nitrogens with one attached hydrogen (secondary N) is 2. The molecule has 0 saturated heterocycles. The van der Waals surface area contributed by atoms with Gasteiger partial charge in [-0.05, 0) is 45.9 Å². The fraction of sp³-hybridized carbons (Fsp3) is 0.476. The second-order valence-corrected chi connectivity index (χ2v) is 7.09. The van der Waals surface area contributed by atoms with Gasteiger partial charge in [0.2, 0.25) is 6.79 Å². The summed E-state index contributed by atoms with van der Waals surface area (Å²) in [5.41, 5.74) is -0.367. The van der Waals surface area contributed by atoms with Crippen LogP contribution < -0.4 is 24.8 Å². The van der Waals surface area contributed by atoms with Gasteiger partial charge < -0.3 is 34.4 Å². The maximum Gasteiger partial charge on any atom is 0.231 e. The van der Waals surface area contributed by atoms with Crippen molar-refractivity contribution in [2.24, 2.45) is 4.99 Å². The lowest BCUT2D eigenvalue weighted by molar-refractivity contribution is 0.0657. The molecule has 3 N–H and O–H groups in total. The molecular weight excluding hydrogens is 374 g/mol. The van der Waals surface area contributed by atoms with Gasteiger partial charge in [0.15, 0.2) is 17.5 Å². The highest BCUT2D eigenvalue weighted by molar-refractivity contribution is 5.79. The molecule has 1 aliphatic rings. The van der Waals surface area contributed by atoms with Crippen LogP contribution in [-0.2, 0) is 5.60 Å². The number of fused-ring (bicyclic) bond motifs is 1. The van der Waals surface area contributed by atoms with E-state index in [4.69, 9.17) is 18.6 Å². The van der Waals surface area contributed by atoms with Crippen LogP contribution in [0, 0.1) is 13.8 Å². The van der Waals surface area contributed by atoms with Gasteiger partial charge in [0.25, 0.3) is 0 Å². The van der Waals surface area contributed by atoms with Crippen LogP contribution in [0.15, 0.2) is 33.7 Å². The molecule has 1 aliphatic heterocycles. The fourth-order valence-corrected chi connectivity index (χ4v) is 3.13. The number of ether oxygens (including phenoxy) is 3. The van der Waals surface area contributed by atoms with E-state index >= 15 is 0 Å². The number of hydrogen-bond acceptors (Lipinski definition) is 6. The van der Waals surface area contributed by atoms with Gasteiger partial charge in [0.1, 0.15) is 29.5 Å². The molecule has 0 bridgehead atoms. The monoisotopic (exact) mass is 403 g/mol. The number of hydrogen-bond donors (Lipinski definition) is 3. The first-order valence-electron chi connectivity index (χ1n) is 9.73. The number of rotatable bonds is 8. The van der Waals surface area contributed by atoms with E-state index < -0.39 is 5.60 Å². The zero-order valence-corrected chi connectivity index (χ0v) is 17.4. The van der Waals surface area contributed by atoms with Gasteiger partial charge in [-0.25, -0.2) is 4.99 Å². The smallest absolute Gasteiger partial charge is 0.231 e. The molecule has 1 aromatic heterocycles. The number of nitrogens with zero attached hydrogens (tertiary/aromatic N) is 1. The predicted octanol–water partition coefficient (Wildman–Crippen LogP) is 2.47. The third kappa shape index (κ3) is 5.35. The molecule has 0 amide bonds. The summed E-state index contributed by atoms with van der Waals surface area (Å²) < 4.78 is 21.9. The fourth-order valence-electron chi connectivity index (χ4n) is 3.13. The Kier molecular flexibility index (Phi) is 6.53. The van der Waals surface area contributed by atoms with Gasteiger partial charge >= 0.3 is 0 Å². The Morgan fingerprint density at radius 2 is 2.00 bits per heavy atom. The van der Waals surface area contributed by atoms with Gasteiger partial charge in [0.05, 0.1) is 13.1 Å². The normalized spacial score (nSPS) is 15.1. The summed E-state index contributed by atoms with van der Waals surface area (Å²) in [5, 5.41) is 17.2. The summed E-state index contributed by atoms with van der Waals surface area (Å²) >= 11 is 0. The van der Waals surface area contributed by atoms with Crippen molar-refractivity contribution in [3.05, 3.63) is 41.3 Å². The molecule has 1 unspecified atom stereocenters. The molecule has 2 heterocycles. The molecule has 0 spiro atoms. The van der Waals surface area contributed by atoms with Crippen molar-refractivity contribution in [3.8, 4) is 17.2 Å². The van der Waals surface area contributed by atoms with E-state index in [1.807, 2.05) is 45.0 Å². The van der Waals surface area contributed by atoms with E-state index in [0.717, 1.165) is 17.1 Å². The average molecular weight is 403 g/mol. The molecule has 8 nitrogen and oxygen atoms in total. The third-order valence-electron chi connectivity index (χ3n) is 4.52. The van der Waals surface area contributed by atoms with Crippen LogP contribution >= 0.6 is 0 Å². The van der Waals surface area contributed by atoms with Crippen molar-refractivity contribution >= 4 is 5.96 Å². The predicted molar refractivity (Wildman–Crippen MR) is 110 cm³/mol. The van der Waals surface area contributed by atoms with Gasteiger partial charge in [-0.2, -0.15) is 0 Å². The Morgan fingerprint density at radius 1 is 1.21 bits per heavy atom. The van der Waals surface area contributed by atoms with Gasteiger partial charge in [-0.15, -0.1) is 0 Å². The molecular formula is C21H29N3O5. The highest BCUT2D eigenvalue weighted by atomic mass is 16.7. The zero-order valence-electron chi connectivity index (χ0n) is 17.4. The highest BCUT2D eigenvalue weighted by Crippen LogP contribution is 2.35. The maximum absolute atomic E-state index is 10.8. The minimum atomic E-state index is -1.12. The minimum Gasteiger partial charge on any atom is -0.492 e. The molecule has 3 rings (SSSR count). The van der Waals surface area contributed by atoms with Crippen LogP contribution in [0.1, 0.15) is 30.9 Å². The number of benzene rings is 1. The molecule has 8 heteroatoms. The number of guanidine groups is 1. The minimum absolute atomic E-state index is 0.200. The summed E-state index contributed by atoms with van der Waals surface area (Å²) in [4.78, 5) is 4.51. The molecule has 1 aromatic carbocycles. The lowest BCUT2D eigenvalue weighted by Gasteiger charge is -2.21. The van der Waals surface area contributed by atoms with Gasteiger partial charge in [-0.3, -0.25) is 0 Å².